The molecule has 1 aliphatic carbocycles. The molecule has 4 heteroatoms. The summed E-state index contributed by atoms with van der Waals surface area (Å²) in [4.78, 5) is 6.96. The fourth-order valence-corrected chi connectivity index (χ4v) is 2.01. The first-order valence-corrected chi connectivity index (χ1v) is 7.45. The summed E-state index contributed by atoms with van der Waals surface area (Å²) in [6, 6.07) is 1.47. The van der Waals surface area contributed by atoms with E-state index in [1.54, 1.807) is 6.26 Å². The molecule has 1 aromatic rings. The number of rotatable bonds is 7. The average Bonchev–Trinajstić information content (AvgIpc) is 3.05. The number of nitrogens with zero attached hydrogens (tertiary/aromatic N) is 2. The highest BCUT2D eigenvalue weighted by atomic mass is 16.4. The van der Waals surface area contributed by atoms with Gasteiger partial charge in [-0.15, -0.1) is 0 Å². The highest BCUT2D eigenvalue weighted by molar-refractivity contribution is 5.31. The first-order valence-electron chi connectivity index (χ1n) is 7.45. The zero-order valence-electron chi connectivity index (χ0n) is 12.7. The highest BCUT2D eigenvalue weighted by Gasteiger charge is 2.31. The number of aromatic nitrogens is 1. The Bertz CT molecular complexity index is 390. The van der Waals surface area contributed by atoms with Gasteiger partial charge in [0.25, 0.3) is 6.01 Å². The van der Waals surface area contributed by atoms with Crippen molar-refractivity contribution in [1.82, 2.24) is 10.3 Å². The van der Waals surface area contributed by atoms with Gasteiger partial charge in [0, 0.05) is 24.7 Å². The van der Waals surface area contributed by atoms with Crippen molar-refractivity contribution in [3.63, 3.8) is 0 Å². The molecule has 0 radical (unpaired) electrons. The van der Waals surface area contributed by atoms with E-state index in [1.165, 1.54) is 25.7 Å². The van der Waals surface area contributed by atoms with Gasteiger partial charge in [-0.3, -0.25) is 0 Å². The van der Waals surface area contributed by atoms with Crippen LogP contribution in [-0.4, -0.2) is 23.1 Å². The van der Waals surface area contributed by atoms with Crippen LogP contribution >= 0.6 is 0 Å². The van der Waals surface area contributed by atoms with Crippen molar-refractivity contribution < 1.29 is 4.42 Å². The van der Waals surface area contributed by atoms with Crippen molar-refractivity contribution in [3.8, 4) is 0 Å². The maximum absolute atomic E-state index is 5.67. The molecule has 0 atom stereocenters. The van der Waals surface area contributed by atoms with E-state index in [0.717, 1.165) is 24.8 Å². The minimum atomic E-state index is 0.109. The van der Waals surface area contributed by atoms with Gasteiger partial charge in [-0.1, -0.05) is 13.3 Å². The molecule has 0 amide bonds. The van der Waals surface area contributed by atoms with Crippen LogP contribution in [-0.2, 0) is 6.54 Å². The molecule has 1 heterocycles. The summed E-state index contributed by atoms with van der Waals surface area (Å²) >= 11 is 0. The maximum atomic E-state index is 5.67. The van der Waals surface area contributed by atoms with Crippen molar-refractivity contribution in [3.05, 3.63) is 12.0 Å². The summed E-state index contributed by atoms with van der Waals surface area (Å²) in [5.41, 5.74) is 1.10. The van der Waals surface area contributed by atoms with Gasteiger partial charge in [-0.2, -0.15) is 4.98 Å². The predicted molar refractivity (Wildman–Crippen MR) is 78.4 cm³/mol. The number of hydrogen-bond acceptors (Lipinski definition) is 4. The van der Waals surface area contributed by atoms with Crippen LogP contribution < -0.4 is 10.2 Å². The van der Waals surface area contributed by atoms with Crippen molar-refractivity contribution in [1.29, 1.82) is 0 Å². The predicted octanol–water partition coefficient (Wildman–Crippen LogP) is 3.33. The van der Waals surface area contributed by atoms with E-state index in [4.69, 9.17) is 4.42 Å². The van der Waals surface area contributed by atoms with Crippen LogP contribution in [0.2, 0.25) is 0 Å². The fourth-order valence-electron chi connectivity index (χ4n) is 2.01. The van der Waals surface area contributed by atoms with E-state index >= 15 is 0 Å². The number of nitrogens with one attached hydrogen (secondary N) is 1. The molecule has 108 valence electrons. The molecule has 0 bridgehead atoms. The van der Waals surface area contributed by atoms with Gasteiger partial charge in [0.2, 0.25) is 0 Å². The van der Waals surface area contributed by atoms with Crippen molar-refractivity contribution in [2.75, 3.05) is 11.4 Å². The minimum absolute atomic E-state index is 0.109. The van der Waals surface area contributed by atoms with Crippen LogP contribution in [0.25, 0.3) is 0 Å². The van der Waals surface area contributed by atoms with Crippen LogP contribution in [0.4, 0.5) is 6.01 Å². The second kappa shape index (κ2) is 5.95. The van der Waals surface area contributed by atoms with Crippen LogP contribution in [0, 0.1) is 0 Å². The normalized spacial score (nSPS) is 15.8. The maximum Gasteiger partial charge on any atom is 0.297 e. The summed E-state index contributed by atoms with van der Waals surface area (Å²) < 4.78 is 5.67. The molecule has 1 fully saturated rings. The highest BCUT2D eigenvalue weighted by Crippen LogP contribution is 2.31. The lowest BCUT2D eigenvalue weighted by atomic mass is 10.1. The summed E-state index contributed by atoms with van der Waals surface area (Å²) in [6.45, 7) is 10.5. The molecule has 0 aliphatic heterocycles. The zero-order chi connectivity index (χ0) is 13.9. The molecule has 0 saturated heterocycles. The molecule has 1 saturated carbocycles. The van der Waals surface area contributed by atoms with Crippen LogP contribution in [0.5, 0.6) is 0 Å². The third-order valence-electron chi connectivity index (χ3n) is 3.33. The van der Waals surface area contributed by atoms with Gasteiger partial charge in [0.15, 0.2) is 0 Å². The largest absolute Gasteiger partial charge is 0.432 e. The van der Waals surface area contributed by atoms with Crippen molar-refractivity contribution >= 4 is 6.01 Å². The van der Waals surface area contributed by atoms with Crippen molar-refractivity contribution in [2.45, 2.75) is 71.5 Å². The first kappa shape index (κ1) is 14.4. The number of anilines is 1. The van der Waals surface area contributed by atoms with Gasteiger partial charge in [0.05, 0.1) is 5.69 Å². The Kier molecular flexibility index (Phi) is 4.50. The monoisotopic (exact) mass is 265 g/mol. The molecular weight excluding hydrogens is 238 g/mol. The Hall–Kier alpha value is -1.03. The second-order valence-corrected chi connectivity index (χ2v) is 6.50. The number of unbranched alkanes of at least 4 members (excludes halogenated alkanes) is 1. The van der Waals surface area contributed by atoms with E-state index in [1.807, 2.05) is 0 Å². The molecule has 4 nitrogen and oxygen atoms in total. The van der Waals surface area contributed by atoms with E-state index in [2.05, 4.69) is 42.9 Å². The third kappa shape index (κ3) is 4.53. The Morgan fingerprint density at radius 2 is 2.16 bits per heavy atom. The molecule has 1 aliphatic rings. The number of oxazole rings is 1. The molecule has 1 N–H and O–H groups in total. The summed E-state index contributed by atoms with van der Waals surface area (Å²) in [5.74, 6) is 0. The third-order valence-corrected chi connectivity index (χ3v) is 3.33. The summed E-state index contributed by atoms with van der Waals surface area (Å²) in [7, 11) is 0. The van der Waals surface area contributed by atoms with E-state index in [0.29, 0.717) is 6.04 Å². The Labute approximate surface area is 116 Å². The average molecular weight is 265 g/mol. The summed E-state index contributed by atoms with van der Waals surface area (Å²) in [5, 5.41) is 3.44. The lowest BCUT2D eigenvalue weighted by molar-refractivity contribution is 0.421. The molecule has 1 aromatic heterocycles. The topological polar surface area (TPSA) is 41.3 Å². The van der Waals surface area contributed by atoms with Gasteiger partial charge in [-0.25, -0.2) is 0 Å². The first-order chi connectivity index (χ1) is 8.99. The Morgan fingerprint density at radius 3 is 2.74 bits per heavy atom. The lowest BCUT2D eigenvalue weighted by Crippen LogP contribution is -2.35. The molecule has 19 heavy (non-hydrogen) atoms. The fraction of sp³-hybridized carbons (Fsp3) is 0.800. The van der Waals surface area contributed by atoms with Crippen molar-refractivity contribution in [2.24, 2.45) is 0 Å². The standard InChI is InChI=1S/C15H27N3O/c1-5-6-9-18(13-7-8-13)14-17-12(11-19-14)10-16-15(2,3)4/h11,13,16H,5-10H2,1-4H3. The van der Waals surface area contributed by atoms with Crippen LogP contribution in [0.1, 0.15) is 59.1 Å². The second-order valence-electron chi connectivity index (χ2n) is 6.50. The molecule has 0 aromatic carbocycles. The lowest BCUT2D eigenvalue weighted by Gasteiger charge is -2.20. The van der Waals surface area contributed by atoms with Gasteiger partial charge in [-0.05, 0) is 40.0 Å². The molecular formula is C15H27N3O. The Balaban J connectivity index is 1.94. The Morgan fingerprint density at radius 1 is 1.42 bits per heavy atom. The summed E-state index contributed by atoms with van der Waals surface area (Å²) in [6.07, 6.45) is 6.76. The molecule has 0 spiro atoms. The van der Waals surface area contributed by atoms with E-state index in [9.17, 15) is 0 Å². The molecule has 2 rings (SSSR count). The van der Waals surface area contributed by atoms with E-state index in [-0.39, 0.29) is 5.54 Å². The van der Waals surface area contributed by atoms with Gasteiger partial charge >= 0.3 is 0 Å². The number of hydrogen-bond donors (Lipinski definition) is 1. The van der Waals surface area contributed by atoms with E-state index < -0.39 is 0 Å². The quantitative estimate of drug-likeness (QED) is 0.821. The van der Waals surface area contributed by atoms with Gasteiger partial charge in [0.1, 0.15) is 6.26 Å². The van der Waals surface area contributed by atoms with Crippen LogP contribution in [0.3, 0.4) is 0 Å². The SMILES string of the molecule is CCCCN(c1nc(CNC(C)(C)C)co1)C1CC1. The van der Waals surface area contributed by atoms with Crippen LogP contribution in [0.15, 0.2) is 10.7 Å². The minimum Gasteiger partial charge on any atom is -0.432 e. The zero-order valence-corrected chi connectivity index (χ0v) is 12.7. The molecule has 0 unspecified atom stereocenters. The smallest absolute Gasteiger partial charge is 0.297 e. The van der Waals surface area contributed by atoms with Gasteiger partial charge < -0.3 is 14.6 Å².